The van der Waals surface area contributed by atoms with Crippen molar-refractivity contribution in [3.63, 3.8) is 0 Å². The van der Waals surface area contributed by atoms with E-state index in [0.29, 0.717) is 0 Å². The van der Waals surface area contributed by atoms with Crippen LogP contribution in [0.5, 0.6) is 5.88 Å². The van der Waals surface area contributed by atoms with E-state index in [9.17, 15) is 18.7 Å². The Balaban J connectivity index is 2.40. The standard InChI is InChI=1S/C11H7F2N3O2S/c12-7-2-1-5(3-8(7)13)14-4-6-9(17)15-11(19)16-10(6)18/h1-4H,(H3,15,16,17,18,19). The van der Waals surface area contributed by atoms with E-state index in [-0.39, 0.29) is 16.0 Å². The number of nitrogens with one attached hydrogen (secondary N) is 2. The van der Waals surface area contributed by atoms with Gasteiger partial charge in [0, 0.05) is 12.3 Å². The van der Waals surface area contributed by atoms with E-state index in [2.05, 4.69) is 27.2 Å². The fourth-order valence-electron chi connectivity index (χ4n) is 1.31. The van der Waals surface area contributed by atoms with Gasteiger partial charge < -0.3 is 10.1 Å². The van der Waals surface area contributed by atoms with Crippen LogP contribution in [-0.2, 0) is 0 Å². The van der Waals surface area contributed by atoms with Crippen molar-refractivity contribution >= 4 is 24.1 Å². The lowest BCUT2D eigenvalue weighted by atomic mass is 10.3. The Labute approximate surface area is 110 Å². The van der Waals surface area contributed by atoms with Crippen molar-refractivity contribution in [3.05, 3.63) is 50.5 Å². The lowest BCUT2D eigenvalue weighted by Crippen LogP contribution is -2.13. The van der Waals surface area contributed by atoms with Crippen LogP contribution in [0.1, 0.15) is 5.56 Å². The van der Waals surface area contributed by atoms with Crippen molar-refractivity contribution < 1.29 is 13.9 Å². The molecule has 0 bridgehead atoms. The summed E-state index contributed by atoms with van der Waals surface area (Å²) in [5, 5.41) is 9.48. The fourth-order valence-corrected chi connectivity index (χ4v) is 1.50. The van der Waals surface area contributed by atoms with Gasteiger partial charge in [-0.1, -0.05) is 0 Å². The van der Waals surface area contributed by atoms with Gasteiger partial charge in [-0.05, 0) is 24.4 Å². The number of H-pyrrole nitrogens is 2. The quantitative estimate of drug-likeness (QED) is 0.583. The minimum atomic E-state index is -1.06. The Bertz CT molecular complexity index is 767. The zero-order valence-corrected chi connectivity index (χ0v) is 10.1. The molecule has 0 unspecified atom stereocenters. The first kappa shape index (κ1) is 13.1. The molecular formula is C11H7F2N3O2S. The molecule has 2 aromatic rings. The number of hydrogen-bond acceptors (Lipinski definition) is 4. The fraction of sp³-hybridized carbons (Fsp3) is 0. The van der Waals surface area contributed by atoms with Crippen molar-refractivity contribution in [1.82, 2.24) is 9.97 Å². The third-order valence-electron chi connectivity index (χ3n) is 2.20. The van der Waals surface area contributed by atoms with Gasteiger partial charge in [-0.25, -0.2) is 8.78 Å². The molecule has 8 heteroatoms. The Morgan fingerprint density at radius 1 is 1.26 bits per heavy atom. The predicted octanol–water partition coefficient (Wildman–Crippen LogP) is 2.17. The molecule has 0 amide bonds. The lowest BCUT2D eigenvalue weighted by molar-refractivity contribution is 0.449. The second-order valence-electron chi connectivity index (χ2n) is 3.53. The van der Waals surface area contributed by atoms with Crippen LogP contribution in [-0.4, -0.2) is 21.3 Å². The predicted molar refractivity (Wildman–Crippen MR) is 67.5 cm³/mol. The molecule has 2 rings (SSSR count). The summed E-state index contributed by atoms with van der Waals surface area (Å²) >= 11 is 4.65. The number of aromatic hydroxyl groups is 1. The van der Waals surface area contributed by atoms with E-state index in [1.54, 1.807) is 0 Å². The van der Waals surface area contributed by atoms with Gasteiger partial charge in [0.15, 0.2) is 16.4 Å². The zero-order valence-electron chi connectivity index (χ0n) is 9.28. The van der Waals surface area contributed by atoms with Gasteiger partial charge in [0.05, 0.1) is 5.69 Å². The van der Waals surface area contributed by atoms with Gasteiger partial charge in [-0.3, -0.25) is 14.8 Å². The normalized spacial score (nSPS) is 11.1. The third kappa shape index (κ3) is 2.91. The summed E-state index contributed by atoms with van der Waals surface area (Å²) in [4.78, 5) is 19.8. The van der Waals surface area contributed by atoms with Crippen LogP contribution in [0, 0.1) is 16.4 Å². The summed E-state index contributed by atoms with van der Waals surface area (Å²) in [6.07, 6.45) is 1.02. The van der Waals surface area contributed by atoms with Crippen molar-refractivity contribution in [2.75, 3.05) is 0 Å². The monoisotopic (exact) mass is 283 g/mol. The van der Waals surface area contributed by atoms with Gasteiger partial charge in [-0.15, -0.1) is 0 Å². The summed E-state index contributed by atoms with van der Waals surface area (Å²) in [5.74, 6) is -2.51. The molecule has 0 aliphatic carbocycles. The molecule has 1 aromatic carbocycles. The summed E-state index contributed by atoms with van der Waals surface area (Å²) in [7, 11) is 0. The molecule has 0 spiro atoms. The van der Waals surface area contributed by atoms with Crippen molar-refractivity contribution in [2.24, 2.45) is 4.99 Å². The molecule has 98 valence electrons. The second kappa shape index (κ2) is 5.11. The smallest absolute Gasteiger partial charge is 0.264 e. The van der Waals surface area contributed by atoms with Gasteiger partial charge in [-0.2, -0.15) is 0 Å². The van der Waals surface area contributed by atoms with E-state index in [1.165, 1.54) is 6.07 Å². The van der Waals surface area contributed by atoms with Crippen molar-refractivity contribution in [3.8, 4) is 5.88 Å². The highest BCUT2D eigenvalue weighted by molar-refractivity contribution is 7.71. The Hall–Kier alpha value is -2.35. The Morgan fingerprint density at radius 2 is 2.00 bits per heavy atom. The van der Waals surface area contributed by atoms with Crippen LogP contribution < -0.4 is 5.56 Å². The summed E-state index contributed by atoms with van der Waals surface area (Å²) in [6.45, 7) is 0. The molecule has 0 radical (unpaired) electrons. The van der Waals surface area contributed by atoms with Gasteiger partial charge in [0.1, 0.15) is 5.56 Å². The molecule has 0 atom stereocenters. The van der Waals surface area contributed by atoms with E-state index in [0.717, 1.165) is 18.3 Å². The first-order valence-electron chi connectivity index (χ1n) is 5.02. The molecule has 0 aliphatic heterocycles. The van der Waals surface area contributed by atoms with Crippen LogP contribution >= 0.6 is 12.2 Å². The molecule has 1 aromatic heterocycles. The number of benzene rings is 1. The van der Waals surface area contributed by atoms with Crippen LogP contribution in [0.3, 0.4) is 0 Å². The molecule has 5 nitrogen and oxygen atoms in total. The van der Waals surface area contributed by atoms with Crippen LogP contribution in [0.15, 0.2) is 28.0 Å². The van der Waals surface area contributed by atoms with Gasteiger partial charge in [0.2, 0.25) is 5.88 Å². The number of aromatic nitrogens is 2. The summed E-state index contributed by atoms with van der Waals surface area (Å²) in [5.41, 5.74) is -0.717. The van der Waals surface area contributed by atoms with Crippen LogP contribution in [0.4, 0.5) is 14.5 Å². The summed E-state index contributed by atoms with van der Waals surface area (Å²) in [6, 6.07) is 3.00. The molecule has 0 aliphatic rings. The largest absolute Gasteiger partial charge is 0.494 e. The zero-order chi connectivity index (χ0) is 14.0. The number of hydrogen-bond donors (Lipinski definition) is 3. The van der Waals surface area contributed by atoms with E-state index in [1.807, 2.05) is 0 Å². The number of aromatic amines is 2. The lowest BCUT2D eigenvalue weighted by Gasteiger charge is -1.98. The SMILES string of the molecule is O=c1[nH]c(=S)[nH]c(O)c1C=Nc1ccc(F)c(F)c1. The number of aliphatic imine (C=N–C) groups is 1. The number of halogens is 2. The first-order valence-corrected chi connectivity index (χ1v) is 5.43. The minimum Gasteiger partial charge on any atom is -0.494 e. The second-order valence-corrected chi connectivity index (χ2v) is 3.94. The van der Waals surface area contributed by atoms with Gasteiger partial charge >= 0.3 is 0 Å². The minimum absolute atomic E-state index is 0.0347. The van der Waals surface area contributed by atoms with Crippen LogP contribution in [0.2, 0.25) is 0 Å². The molecule has 0 saturated heterocycles. The number of nitrogens with zero attached hydrogens (tertiary/aromatic N) is 1. The molecule has 0 saturated carbocycles. The summed E-state index contributed by atoms with van der Waals surface area (Å²) < 4.78 is 25.6. The topological polar surface area (TPSA) is 81.2 Å². The Kier molecular flexibility index (Phi) is 3.52. The third-order valence-corrected chi connectivity index (χ3v) is 2.41. The van der Waals surface area contributed by atoms with Crippen LogP contribution in [0.25, 0.3) is 0 Å². The maximum atomic E-state index is 12.9. The van der Waals surface area contributed by atoms with E-state index >= 15 is 0 Å². The highest BCUT2D eigenvalue weighted by atomic mass is 32.1. The molecular weight excluding hydrogens is 276 g/mol. The van der Waals surface area contributed by atoms with Crippen molar-refractivity contribution in [1.29, 1.82) is 0 Å². The number of rotatable bonds is 2. The average Bonchev–Trinajstić information content (AvgIpc) is 2.32. The van der Waals surface area contributed by atoms with E-state index in [4.69, 9.17) is 0 Å². The highest BCUT2D eigenvalue weighted by Gasteiger charge is 2.05. The van der Waals surface area contributed by atoms with Crippen molar-refractivity contribution in [2.45, 2.75) is 0 Å². The Morgan fingerprint density at radius 3 is 2.63 bits per heavy atom. The molecule has 19 heavy (non-hydrogen) atoms. The molecule has 3 N–H and O–H groups in total. The van der Waals surface area contributed by atoms with Gasteiger partial charge in [0.25, 0.3) is 5.56 Å². The van der Waals surface area contributed by atoms with E-state index < -0.39 is 23.1 Å². The molecule has 1 heterocycles. The first-order chi connectivity index (χ1) is 8.97. The maximum Gasteiger partial charge on any atom is 0.264 e. The highest BCUT2D eigenvalue weighted by Crippen LogP contribution is 2.16. The molecule has 0 fully saturated rings. The average molecular weight is 283 g/mol. The maximum absolute atomic E-state index is 12.9.